The van der Waals surface area contributed by atoms with E-state index in [0.717, 1.165) is 54.1 Å². The summed E-state index contributed by atoms with van der Waals surface area (Å²) >= 11 is 6.06. The third-order valence-corrected chi connectivity index (χ3v) is 6.30. The van der Waals surface area contributed by atoms with Crippen molar-refractivity contribution < 1.29 is 9.84 Å². The molecule has 1 atom stereocenters. The smallest absolute Gasteiger partial charge is 0.119 e. The number of hydrogen-bond donors (Lipinski definition) is 1. The zero-order valence-electron chi connectivity index (χ0n) is 18.5. The molecule has 0 saturated carbocycles. The van der Waals surface area contributed by atoms with Crippen molar-refractivity contribution in [3.8, 4) is 5.75 Å². The molecule has 0 aliphatic carbocycles. The fourth-order valence-electron chi connectivity index (χ4n) is 4.11. The highest BCUT2D eigenvalue weighted by atomic mass is 35.5. The molecule has 3 aromatic rings. The van der Waals surface area contributed by atoms with Gasteiger partial charge < -0.3 is 9.84 Å². The van der Waals surface area contributed by atoms with E-state index in [-0.39, 0.29) is 0 Å². The minimum absolute atomic E-state index is 0.454. The summed E-state index contributed by atoms with van der Waals surface area (Å²) in [5.74, 6) is 0.819. The van der Waals surface area contributed by atoms with Crippen molar-refractivity contribution >= 4 is 11.6 Å². The van der Waals surface area contributed by atoms with Crippen molar-refractivity contribution in [1.82, 2.24) is 4.90 Å². The molecule has 1 aliphatic heterocycles. The van der Waals surface area contributed by atoms with Crippen LogP contribution in [0.4, 0.5) is 0 Å². The number of nitrogens with zero attached hydrogens (tertiary/aromatic N) is 1. The van der Waals surface area contributed by atoms with Crippen LogP contribution in [0.5, 0.6) is 5.75 Å². The molecule has 4 rings (SSSR count). The zero-order valence-corrected chi connectivity index (χ0v) is 19.3. The van der Waals surface area contributed by atoms with E-state index in [1.165, 1.54) is 0 Å². The van der Waals surface area contributed by atoms with Crippen molar-refractivity contribution in [1.29, 1.82) is 0 Å². The van der Waals surface area contributed by atoms with Gasteiger partial charge >= 0.3 is 0 Å². The van der Waals surface area contributed by atoms with E-state index in [4.69, 9.17) is 16.3 Å². The number of hydrogen-bond acceptors (Lipinski definition) is 3. The first-order valence-corrected chi connectivity index (χ1v) is 11.6. The van der Waals surface area contributed by atoms with Crippen LogP contribution in [0.25, 0.3) is 0 Å². The normalized spacial score (nSPS) is 16.0. The van der Waals surface area contributed by atoms with Gasteiger partial charge in [0.15, 0.2) is 0 Å². The van der Waals surface area contributed by atoms with Crippen LogP contribution in [0.15, 0.2) is 84.9 Å². The maximum atomic E-state index is 11.9. The average Bonchev–Trinajstić information content (AvgIpc) is 2.82. The number of benzene rings is 3. The molecule has 166 valence electrons. The lowest BCUT2D eigenvalue weighted by Crippen LogP contribution is -2.31. The lowest BCUT2D eigenvalue weighted by molar-refractivity contribution is 0.0810. The fourth-order valence-corrected chi connectivity index (χ4v) is 4.24. The number of aliphatic hydroxyl groups is 1. The van der Waals surface area contributed by atoms with Crippen LogP contribution in [0.1, 0.15) is 28.7 Å². The van der Waals surface area contributed by atoms with Crippen molar-refractivity contribution in [3.05, 3.63) is 112 Å². The van der Waals surface area contributed by atoms with E-state index in [9.17, 15) is 5.11 Å². The Bertz CT molecular complexity index is 1030. The molecule has 4 heteroatoms. The van der Waals surface area contributed by atoms with E-state index in [1.807, 2.05) is 79.7 Å². The Labute approximate surface area is 195 Å². The first-order valence-electron chi connectivity index (χ1n) is 11.2. The average molecular weight is 448 g/mol. The Morgan fingerprint density at radius 2 is 1.56 bits per heavy atom. The topological polar surface area (TPSA) is 32.7 Å². The van der Waals surface area contributed by atoms with Gasteiger partial charge in [-0.05, 0) is 54.3 Å². The second-order valence-electron chi connectivity index (χ2n) is 8.46. The van der Waals surface area contributed by atoms with Crippen LogP contribution in [-0.2, 0) is 12.0 Å². The fraction of sp³-hybridized carbons (Fsp3) is 0.286. The van der Waals surface area contributed by atoms with E-state index >= 15 is 0 Å². The monoisotopic (exact) mass is 447 g/mol. The summed E-state index contributed by atoms with van der Waals surface area (Å²) in [6.07, 6.45) is 6.01. The molecule has 0 aromatic heterocycles. The van der Waals surface area contributed by atoms with Crippen LogP contribution in [-0.4, -0.2) is 36.2 Å². The molecule has 3 aromatic carbocycles. The van der Waals surface area contributed by atoms with Crippen LogP contribution in [0.3, 0.4) is 0 Å². The van der Waals surface area contributed by atoms with Crippen molar-refractivity contribution in [3.63, 3.8) is 0 Å². The highest BCUT2D eigenvalue weighted by molar-refractivity contribution is 6.30. The summed E-state index contributed by atoms with van der Waals surface area (Å²) in [4.78, 5) is 2.39. The van der Waals surface area contributed by atoms with Crippen LogP contribution in [0, 0.1) is 6.92 Å². The predicted octanol–water partition coefficient (Wildman–Crippen LogP) is 5.77. The van der Waals surface area contributed by atoms with Gasteiger partial charge in [0, 0.05) is 31.1 Å². The predicted molar refractivity (Wildman–Crippen MR) is 131 cm³/mol. The Hall–Kier alpha value is -2.59. The minimum atomic E-state index is -1.15. The van der Waals surface area contributed by atoms with E-state index in [0.29, 0.717) is 18.1 Å². The zero-order chi connectivity index (χ0) is 22.4. The Morgan fingerprint density at radius 1 is 0.906 bits per heavy atom. The molecule has 3 nitrogen and oxygen atoms in total. The lowest BCUT2D eigenvalue weighted by Gasteiger charge is -2.30. The van der Waals surface area contributed by atoms with Crippen LogP contribution in [0.2, 0.25) is 5.02 Å². The van der Waals surface area contributed by atoms with E-state index in [2.05, 4.69) is 17.1 Å². The summed E-state index contributed by atoms with van der Waals surface area (Å²) in [6.45, 7) is 5.70. The molecule has 32 heavy (non-hydrogen) atoms. The molecule has 0 saturated heterocycles. The van der Waals surface area contributed by atoms with Gasteiger partial charge in [-0.25, -0.2) is 0 Å². The molecule has 0 bridgehead atoms. The maximum Gasteiger partial charge on any atom is 0.119 e. The molecule has 1 N–H and O–H groups in total. The Morgan fingerprint density at radius 3 is 2.19 bits per heavy atom. The maximum absolute atomic E-state index is 11.9. The molecule has 0 amide bonds. The standard InChI is InChI=1S/C28H30ClNO2/c1-22-5-9-24(10-6-22)28(31,21-23-7-13-26(29)14-8-23)25-11-15-27(16-12-25)32-20-19-30-17-3-2-4-18-30/h2-3,5-16,31H,4,17-21H2,1H3. The Balaban J connectivity index is 1.51. The summed E-state index contributed by atoms with van der Waals surface area (Å²) in [5, 5.41) is 12.6. The third-order valence-electron chi connectivity index (χ3n) is 6.05. The Kier molecular flexibility index (Phi) is 7.31. The van der Waals surface area contributed by atoms with Crippen LogP contribution >= 0.6 is 11.6 Å². The van der Waals surface area contributed by atoms with Crippen LogP contribution < -0.4 is 4.74 Å². The van der Waals surface area contributed by atoms with E-state index in [1.54, 1.807) is 0 Å². The summed E-state index contributed by atoms with van der Waals surface area (Å²) in [5.41, 5.74) is 2.74. The molecule has 0 spiro atoms. The van der Waals surface area contributed by atoms with Gasteiger partial charge in [0.05, 0.1) is 0 Å². The van der Waals surface area contributed by atoms with E-state index < -0.39 is 5.60 Å². The third kappa shape index (κ3) is 5.60. The quantitative estimate of drug-likeness (QED) is 0.445. The number of aryl methyl sites for hydroxylation is 1. The number of ether oxygens (including phenoxy) is 1. The highest BCUT2D eigenvalue weighted by Crippen LogP contribution is 2.34. The second-order valence-corrected chi connectivity index (χ2v) is 8.90. The molecule has 1 aliphatic rings. The summed E-state index contributed by atoms with van der Waals surface area (Å²) < 4.78 is 5.97. The SMILES string of the molecule is Cc1ccc(C(O)(Cc2ccc(Cl)cc2)c2ccc(OCCN3CC=CCC3)cc2)cc1. The van der Waals surface area contributed by atoms with Crippen molar-refractivity contribution in [2.45, 2.75) is 25.4 Å². The van der Waals surface area contributed by atoms with Gasteiger partial charge in [0.1, 0.15) is 18.0 Å². The molecule has 0 fully saturated rings. The highest BCUT2D eigenvalue weighted by Gasteiger charge is 2.32. The van der Waals surface area contributed by atoms with Gasteiger partial charge in [0.2, 0.25) is 0 Å². The first-order chi connectivity index (χ1) is 15.5. The van der Waals surface area contributed by atoms with Gasteiger partial charge in [-0.1, -0.05) is 77.8 Å². The number of rotatable bonds is 8. The molecule has 1 unspecified atom stereocenters. The second kappa shape index (κ2) is 10.4. The molecule has 1 heterocycles. The van der Waals surface area contributed by atoms with Crippen molar-refractivity contribution in [2.75, 3.05) is 26.2 Å². The first kappa shape index (κ1) is 22.6. The number of halogens is 1. The molecular formula is C28H30ClNO2. The van der Waals surface area contributed by atoms with Gasteiger partial charge in [-0.2, -0.15) is 0 Å². The summed E-state index contributed by atoms with van der Waals surface area (Å²) in [7, 11) is 0. The summed E-state index contributed by atoms with van der Waals surface area (Å²) in [6, 6.07) is 23.6. The molecular weight excluding hydrogens is 418 g/mol. The minimum Gasteiger partial charge on any atom is -0.492 e. The van der Waals surface area contributed by atoms with Gasteiger partial charge in [-0.15, -0.1) is 0 Å². The van der Waals surface area contributed by atoms with Gasteiger partial charge in [-0.3, -0.25) is 4.90 Å². The van der Waals surface area contributed by atoms with Crippen molar-refractivity contribution in [2.24, 2.45) is 0 Å². The van der Waals surface area contributed by atoms with Gasteiger partial charge in [0.25, 0.3) is 0 Å². The molecule has 0 radical (unpaired) electrons. The largest absolute Gasteiger partial charge is 0.492 e. The lowest BCUT2D eigenvalue weighted by atomic mass is 9.81.